The molecule has 0 aliphatic rings. The molecule has 0 spiro atoms. The highest BCUT2D eigenvalue weighted by molar-refractivity contribution is 7.81. The minimum absolute atomic E-state index is 0.612. The Kier molecular flexibility index (Phi) is 4.31. The minimum atomic E-state index is -3.24. The molecule has 0 bridgehead atoms. The van der Waals surface area contributed by atoms with Crippen LogP contribution in [0.4, 0.5) is 4.39 Å². The van der Waals surface area contributed by atoms with Gasteiger partial charge in [-0.3, -0.25) is 0 Å². The van der Waals surface area contributed by atoms with Crippen molar-refractivity contribution in [1.29, 1.82) is 0 Å². The molecule has 2 aromatic rings. The zero-order valence-electron chi connectivity index (χ0n) is 12.1. The van der Waals surface area contributed by atoms with Gasteiger partial charge in [-0.25, -0.2) is 4.39 Å². The third-order valence-electron chi connectivity index (χ3n) is 3.31. The first kappa shape index (κ1) is 15.2. The lowest BCUT2D eigenvalue weighted by molar-refractivity contribution is 0.501. The van der Waals surface area contributed by atoms with E-state index in [4.69, 9.17) is 0 Å². The Balaban J connectivity index is 2.65. The van der Waals surface area contributed by atoms with Gasteiger partial charge in [0.25, 0.3) is 0 Å². The highest BCUT2D eigenvalue weighted by atomic mass is 31.2. The molecule has 0 radical (unpaired) electrons. The van der Waals surface area contributed by atoms with Gasteiger partial charge in [-0.2, -0.15) is 0 Å². The van der Waals surface area contributed by atoms with Gasteiger partial charge in [-0.05, 0) is 0 Å². The molecule has 106 valence electrons. The van der Waals surface area contributed by atoms with Crippen LogP contribution in [0.25, 0.3) is 0 Å². The van der Waals surface area contributed by atoms with Crippen molar-refractivity contribution in [2.24, 2.45) is 0 Å². The lowest BCUT2D eigenvalue weighted by atomic mass is 10.4. The normalized spacial score (nSPS) is 14.0. The van der Waals surface area contributed by atoms with Gasteiger partial charge in [-0.15, -0.1) is 0 Å². The molecule has 1 nitrogen and oxygen atoms in total. The number of hydrogen-bond donors (Lipinski definition) is 0. The van der Waals surface area contributed by atoms with Crippen LogP contribution in [-0.4, -0.2) is 13.6 Å². The van der Waals surface area contributed by atoms with E-state index in [1.54, 1.807) is 24.3 Å². The van der Waals surface area contributed by atoms with Gasteiger partial charge in [0, 0.05) is 10.6 Å². The van der Waals surface area contributed by atoms with Crippen molar-refractivity contribution in [2.75, 3.05) is 0 Å². The molecule has 4 heteroatoms. The summed E-state index contributed by atoms with van der Waals surface area (Å²) in [6.07, 6.45) is 0. The lowest BCUT2D eigenvalue weighted by Gasteiger charge is -2.30. The molecule has 0 saturated heterocycles. The van der Waals surface area contributed by atoms with Gasteiger partial charge < -0.3 is 4.57 Å². The Bertz CT molecular complexity index is 564. The quantitative estimate of drug-likeness (QED) is 0.612. The maximum Gasteiger partial charge on any atom is 0.172 e. The second kappa shape index (κ2) is 5.67. The fourth-order valence-corrected chi connectivity index (χ4v) is 9.56. The van der Waals surface area contributed by atoms with Gasteiger partial charge in [0.2, 0.25) is 0 Å². The van der Waals surface area contributed by atoms with Crippen LogP contribution in [-0.2, 0) is 4.57 Å². The Labute approximate surface area is 121 Å². The molecule has 0 unspecified atom stereocenters. The fourth-order valence-electron chi connectivity index (χ4n) is 2.26. The van der Waals surface area contributed by atoms with Crippen LogP contribution < -0.4 is 10.6 Å². The molecule has 1 atom stereocenters. The standard InChI is InChI=1S/C16H20FOPSi/c1-20(2,3)16(17)19(18,14-10-6-4-7-11-14)15-12-8-5-9-13-15/h4-13,16H,1-3H3/t16-/m0/s1. The van der Waals surface area contributed by atoms with Gasteiger partial charge >= 0.3 is 0 Å². The predicted octanol–water partition coefficient (Wildman–Crippen LogP) is 4.17. The Morgan fingerprint density at radius 1 is 0.850 bits per heavy atom. The van der Waals surface area contributed by atoms with E-state index < -0.39 is 20.8 Å². The number of hydrogen-bond acceptors (Lipinski definition) is 1. The second-order valence-electron chi connectivity index (χ2n) is 6.03. The molecule has 0 aromatic heterocycles. The third kappa shape index (κ3) is 2.79. The molecule has 0 heterocycles. The van der Waals surface area contributed by atoms with E-state index in [0.717, 1.165) is 0 Å². The number of benzene rings is 2. The molecular formula is C16H20FOPSi. The first-order valence-electron chi connectivity index (χ1n) is 6.72. The predicted molar refractivity (Wildman–Crippen MR) is 88.0 cm³/mol. The van der Waals surface area contributed by atoms with Crippen molar-refractivity contribution in [3.63, 3.8) is 0 Å². The van der Waals surface area contributed by atoms with Crippen molar-refractivity contribution < 1.29 is 8.96 Å². The summed E-state index contributed by atoms with van der Waals surface area (Å²) in [5, 5.41) is 1.22. The van der Waals surface area contributed by atoms with E-state index in [9.17, 15) is 4.57 Å². The molecule has 2 rings (SSSR count). The summed E-state index contributed by atoms with van der Waals surface area (Å²) in [5.41, 5.74) is -1.28. The van der Waals surface area contributed by atoms with Crippen LogP contribution in [0.5, 0.6) is 0 Å². The van der Waals surface area contributed by atoms with Gasteiger partial charge in [0.1, 0.15) is 5.54 Å². The molecule has 0 fully saturated rings. The molecule has 2 aromatic carbocycles. The average molecular weight is 306 g/mol. The summed E-state index contributed by atoms with van der Waals surface area (Å²) >= 11 is 0. The smallest absolute Gasteiger partial charge is 0.172 e. The summed E-state index contributed by atoms with van der Waals surface area (Å²) in [5.74, 6) is 0. The highest BCUT2D eigenvalue weighted by Gasteiger charge is 2.44. The van der Waals surface area contributed by atoms with Crippen LogP contribution >= 0.6 is 7.14 Å². The maximum atomic E-state index is 15.1. The molecular weight excluding hydrogens is 286 g/mol. The van der Waals surface area contributed by atoms with Crippen molar-refractivity contribution in [1.82, 2.24) is 0 Å². The zero-order chi connectivity index (χ0) is 14.8. The summed E-state index contributed by atoms with van der Waals surface area (Å²) in [4.78, 5) is 0. The minimum Gasteiger partial charge on any atom is -0.311 e. The van der Waals surface area contributed by atoms with Crippen molar-refractivity contribution in [3.8, 4) is 0 Å². The van der Waals surface area contributed by atoms with Crippen LogP contribution in [0, 0.1) is 0 Å². The van der Waals surface area contributed by atoms with Gasteiger partial charge in [0.15, 0.2) is 7.14 Å². The number of halogens is 1. The first-order chi connectivity index (χ1) is 9.37. The van der Waals surface area contributed by atoms with Gasteiger partial charge in [-0.1, -0.05) is 80.3 Å². The molecule has 0 saturated carbocycles. The zero-order valence-corrected chi connectivity index (χ0v) is 14.0. The number of rotatable bonds is 4. The Morgan fingerprint density at radius 2 is 1.20 bits per heavy atom. The summed E-state index contributed by atoms with van der Waals surface area (Å²) in [7, 11) is -5.43. The lowest BCUT2D eigenvalue weighted by Crippen LogP contribution is -2.40. The number of alkyl halides is 1. The Hall–Kier alpha value is -1.18. The van der Waals surface area contributed by atoms with Crippen LogP contribution in [0.3, 0.4) is 0 Å². The van der Waals surface area contributed by atoms with Crippen molar-refractivity contribution >= 4 is 25.8 Å². The second-order valence-corrected chi connectivity index (χ2v) is 14.6. The average Bonchev–Trinajstić information content (AvgIpc) is 2.46. The van der Waals surface area contributed by atoms with E-state index in [1.807, 2.05) is 56.0 Å². The van der Waals surface area contributed by atoms with Crippen molar-refractivity contribution in [3.05, 3.63) is 60.7 Å². The monoisotopic (exact) mass is 306 g/mol. The molecule has 0 aliphatic heterocycles. The van der Waals surface area contributed by atoms with Crippen LogP contribution in [0.2, 0.25) is 19.6 Å². The summed E-state index contributed by atoms with van der Waals surface area (Å²) < 4.78 is 28.8. The van der Waals surface area contributed by atoms with E-state index >= 15 is 4.39 Å². The molecule has 0 amide bonds. The fraction of sp³-hybridized carbons (Fsp3) is 0.250. The van der Waals surface area contributed by atoms with E-state index in [-0.39, 0.29) is 0 Å². The van der Waals surface area contributed by atoms with Crippen LogP contribution in [0.1, 0.15) is 0 Å². The molecule has 20 heavy (non-hydrogen) atoms. The third-order valence-corrected chi connectivity index (χ3v) is 10.9. The summed E-state index contributed by atoms with van der Waals surface area (Å²) in [6, 6.07) is 18.1. The SMILES string of the molecule is C[Si](C)(C)[C@@H](F)P(=O)(c1ccccc1)c1ccccc1. The highest BCUT2D eigenvalue weighted by Crippen LogP contribution is 2.52. The maximum absolute atomic E-state index is 15.1. The summed E-state index contributed by atoms with van der Waals surface area (Å²) in [6.45, 7) is 5.78. The van der Waals surface area contributed by atoms with Crippen molar-refractivity contribution in [2.45, 2.75) is 25.2 Å². The molecule has 0 N–H and O–H groups in total. The Morgan fingerprint density at radius 3 is 1.50 bits per heavy atom. The van der Waals surface area contributed by atoms with Crippen LogP contribution in [0.15, 0.2) is 60.7 Å². The van der Waals surface area contributed by atoms with E-state index in [0.29, 0.717) is 10.6 Å². The molecule has 0 aliphatic carbocycles. The largest absolute Gasteiger partial charge is 0.311 e. The topological polar surface area (TPSA) is 17.1 Å². The first-order valence-corrected chi connectivity index (χ1v) is 12.1. The van der Waals surface area contributed by atoms with Gasteiger partial charge in [0.05, 0.1) is 8.07 Å². The van der Waals surface area contributed by atoms with E-state index in [2.05, 4.69) is 0 Å². The van der Waals surface area contributed by atoms with E-state index in [1.165, 1.54) is 0 Å².